The van der Waals surface area contributed by atoms with Gasteiger partial charge in [0.05, 0.1) is 6.42 Å². The van der Waals surface area contributed by atoms with E-state index in [1.54, 1.807) is 6.08 Å². The van der Waals surface area contributed by atoms with E-state index in [-0.39, 0.29) is 17.9 Å². The van der Waals surface area contributed by atoms with Gasteiger partial charge in [-0.1, -0.05) is 6.08 Å². The van der Waals surface area contributed by atoms with Crippen molar-refractivity contribution in [3.05, 3.63) is 12.7 Å². The van der Waals surface area contributed by atoms with Crippen molar-refractivity contribution in [1.82, 2.24) is 10.2 Å². The lowest BCUT2D eigenvalue weighted by Gasteiger charge is -2.39. The first kappa shape index (κ1) is 13.7. The number of amides is 1. The second-order valence-corrected chi connectivity index (χ2v) is 4.91. The Morgan fingerprint density at radius 3 is 2.88 bits per heavy atom. The lowest BCUT2D eigenvalue weighted by atomic mass is 9.96. The summed E-state index contributed by atoms with van der Waals surface area (Å²) in [5, 5.41) is 11.7. The number of carbonyl (C=O) groups is 2. The van der Waals surface area contributed by atoms with Crippen LogP contribution >= 0.6 is 0 Å². The molecule has 0 aliphatic carbocycles. The number of nitrogens with one attached hydrogen (secondary N) is 1. The molecule has 0 aromatic rings. The molecule has 1 atom stereocenters. The van der Waals surface area contributed by atoms with Crippen LogP contribution in [0.3, 0.4) is 0 Å². The van der Waals surface area contributed by atoms with E-state index in [9.17, 15) is 9.59 Å². The first-order chi connectivity index (χ1) is 7.88. The fourth-order valence-corrected chi connectivity index (χ4v) is 2.20. The van der Waals surface area contributed by atoms with E-state index >= 15 is 0 Å². The van der Waals surface area contributed by atoms with E-state index in [1.807, 2.05) is 18.7 Å². The van der Waals surface area contributed by atoms with E-state index in [0.717, 1.165) is 6.42 Å². The van der Waals surface area contributed by atoms with Gasteiger partial charge < -0.3 is 10.4 Å². The molecule has 2 N–H and O–H groups in total. The Hall–Kier alpha value is -1.36. The highest BCUT2D eigenvalue weighted by Gasteiger charge is 2.39. The fraction of sp³-hybridized carbons (Fsp3) is 0.667. The molecule has 0 bridgehead atoms. The summed E-state index contributed by atoms with van der Waals surface area (Å²) in [4.78, 5) is 24.6. The fourth-order valence-electron chi connectivity index (χ4n) is 2.20. The zero-order valence-corrected chi connectivity index (χ0v) is 10.4. The Bertz CT molecular complexity index is 326. The van der Waals surface area contributed by atoms with E-state index in [1.165, 1.54) is 0 Å². The maximum absolute atomic E-state index is 11.9. The molecule has 5 heteroatoms. The molecule has 0 aromatic carbocycles. The molecular formula is C12H20N2O3. The van der Waals surface area contributed by atoms with Gasteiger partial charge in [0.1, 0.15) is 6.04 Å². The third kappa shape index (κ3) is 3.30. The maximum atomic E-state index is 11.9. The van der Waals surface area contributed by atoms with Crippen molar-refractivity contribution < 1.29 is 14.7 Å². The van der Waals surface area contributed by atoms with Crippen molar-refractivity contribution in [3.63, 3.8) is 0 Å². The predicted octanol–water partition coefficient (Wildman–Crippen LogP) is 0.616. The summed E-state index contributed by atoms with van der Waals surface area (Å²) >= 11 is 0. The Balaban J connectivity index is 3.00. The predicted molar refractivity (Wildman–Crippen MR) is 64.6 cm³/mol. The molecule has 1 heterocycles. The molecule has 5 nitrogen and oxygen atoms in total. The number of carboxylic acid groups (broad SMARTS) is 1. The van der Waals surface area contributed by atoms with Gasteiger partial charge in [-0.05, 0) is 20.3 Å². The summed E-state index contributed by atoms with van der Waals surface area (Å²) in [5.74, 6) is -1.17. The quantitative estimate of drug-likeness (QED) is 0.707. The molecule has 1 amide bonds. The minimum atomic E-state index is -0.961. The third-order valence-corrected chi connectivity index (χ3v) is 3.19. The summed E-state index contributed by atoms with van der Waals surface area (Å²) in [7, 11) is 0. The summed E-state index contributed by atoms with van der Waals surface area (Å²) in [6.45, 7) is 8.80. The van der Waals surface area contributed by atoms with Crippen LogP contribution < -0.4 is 5.32 Å². The zero-order chi connectivity index (χ0) is 13.1. The molecule has 96 valence electrons. The van der Waals surface area contributed by atoms with Crippen molar-refractivity contribution in [1.29, 1.82) is 0 Å². The van der Waals surface area contributed by atoms with Gasteiger partial charge >= 0.3 is 5.97 Å². The molecule has 1 rings (SSSR count). The molecule has 1 aliphatic rings. The number of carbonyl (C=O) groups excluding carboxylic acids is 1. The number of hydrogen-bond donors (Lipinski definition) is 2. The highest BCUT2D eigenvalue weighted by atomic mass is 16.4. The van der Waals surface area contributed by atoms with Gasteiger partial charge in [0, 0.05) is 18.6 Å². The normalized spacial score (nSPS) is 24.8. The van der Waals surface area contributed by atoms with E-state index in [2.05, 4.69) is 11.9 Å². The lowest BCUT2D eigenvalue weighted by molar-refractivity contribution is -0.142. The van der Waals surface area contributed by atoms with Gasteiger partial charge in [0.2, 0.25) is 5.91 Å². The van der Waals surface area contributed by atoms with Crippen molar-refractivity contribution in [3.8, 4) is 0 Å². The molecule has 1 unspecified atom stereocenters. The number of aliphatic carboxylic acids is 1. The van der Waals surface area contributed by atoms with Gasteiger partial charge in [-0.15, -0.1) is 6.58 Å². The first-order valence-corrected chi connectivity index (χ1v) is 5.75. The SMILES string of the molecule is C=CCN1C(CC(=O)O)C(=O)NCCC1(C)C. The molecule has 1 saturated heterocycles. The first-order valence-electron chi connectivity index (χ1n) is 5.75. The van der Waals surface area contributed by atoms with Gasteiger partial charge in [-0.25, -0.2) is 0 Å². The molecule has 0 saturated carbocycles. The molecule has 0 spiro atoms. The van der Waals surface area contributed by atoms with Crippen LogP contribution in [0.5, 0.6) is 0 Å². The monoisotopic (exact) mass is 240 g/mol. The average molecular weight is 240 g/mol. The van der Waals surface area contributed by atoms with Crippen LogP contribution in [0.2, 0.25) is 0 Å². The number of rotatable bonds is 4. The second kappa shape index (κ2) is 5.31. The van der Waals surface area contributed by atoms with Crippen molar-refractivity contribution in [2.45, 2.75) is 38.3 Å². The van der Waals surface area contributed by atoms with E-state index < -0.39 is 12.0 Å². The van der Waals surface area contributed by atoms with Gasteiger partial charge in [-0.2, -0.15) is 0 Å². The van der Waals surface area contributed by atoms with E-state index in [4.69, 9.17) is 5.11 Å². The van der Waals surface area contributed by atoms with Gasteiger partial charge in [0.25, 0.3) is 0 Å². The van der Waals surface area contributed by atoms with E-state index in [0.29, 0.717) is 13.1 Å². The van der Waals surface area contributed by atoms with Crippen molar-refractivity contribution in [2.24, 2.45) is 0 Å². The highest BCUT2D eigenvalue weighted by Crippen LogP contribution is 2.25. The lowest BCUT2D eigenvalue weighted by Crippen LogP contribution is -2.53. The van der Waals surface area contributed by atoms with Crippen LogP contribution in [0.1, 0.15) is 26.7 Å². The smallest absolute Gasteiger partial charge is 0.305 e. The topological polar surface area (TPSA) is 69.6 Å². The summed E-state index contributed by atoms with van der Waals surface area (Å²) in [5.41, 5.74) is -0.215. The van der Waals surface area contributed by atoms with Crippen molar-refractivity contribution in [2.75, 3.05) is 13.1 Å². The standard InChI is InChI=1S/C12H20N2O3/c1-4-7-14-9(8-10(15)16)11(17)13-6-5-12(14,2)3/h4,9H,1,5-8H2,2-3H3,(H,13,17)(H,15,16). The van der Waals surface area contributed by atoms with Crippen LogP contribution in [0.15, 0.2) is 12.7 Å². The third-order valence-electron chi connectivity index (χ3n) is 3.19. The maximum Gasteiger partial charge on any atom is 0.305 e. The Morgan fingerprint density at radius 1 is 1.71 bits per heavy atom. The zero-order valence-electron chi connectivity index (χ0n) is 10.4. The molecule has 0 radical (unpaired) electrons. The minimum Gasteiger partial charge on any atom is -0.481 e. The Kier molecular flexibility index (Phi) is 4.28. The number of carboxylic acids is 1. The number of nitrogens with zero attached hydrogens (tertiary/aromatic N) is 1. The van der Waals surface area contributed by atoms with Crippen LogP contribution in [-0.4, -0.2) is 46.6 Å². The molecule has 0 aromatic heterocycles. The largest absolute Gasteiger partial charge is 0.481 e. The van der Waals surface area contributed by atoms with Crippen molar-refractivity contribution >= 4 is 11.9 Å². The van der Waals surface area contributed by atoms with Crippen LogP contribution in [0, 0.1) is 0 Å². The molecular weight excluding hydrogens is 220 g/mol. The molecule has 1 aliphatic heterocycles. The summed E-state index contributed by atoms with van der Waals surface area (Å²) in [6, 6.07) is -0.622. The van der Waals surface area contributed by atoms with Crippen LogP contribution in [0.4, 0.5) is 0 Å². The highest BCUT2D eigenvalue weighted by molar-refractivity contribution is 5.86. The van der Waals surface area contributed by atoms with Crippen LogP contribution in [-0.2, 0) is 9.59 Å². The number of hydrogen-bond acceptors (Lipinski definition) is 3. The minimum absolute atomic E-state index is 0.177. The molecule has 17 heavy (non-hydrogen) atoms. The summed E-state index contributed by atoms with van der Waals surface area (Å²) in [6.07, 6.45) is 2.32. The average Bonchev–Trinajstić information content (AvgIpc) is 2.30. The van der Waals surface area contributed by atoms with Crippen LogP contribution in [0.25, 0.3) is 0 Å². The Morgan fingerprint density at radius 2 is 2.35 bits per heavy atom. The second-order valence-electron chi connectivity index (χ2n) is 4.91. The van der Waals surface area contributed by atoms with Gasteiger partial charge in [-0.3, -0.25) is 14.5 Å². The summed E-state index contributed by atoms with van der Waals surface area (Å²) < 4.78 is 0. The van der Waals surface area contributed by atoms with Gasteiger partial charge in [0.15, 0.2) is 0 Å². The Labute approximate surface area is 101 Å². The molecule has 1 fully saturated rings.